The molecule has 1 atom stereocenters. The van der Waals surface area contributed by atoms with E-state index in [2.05, 4.69) is 29.5 Å². The molecule has 2 amide bonds. The fourth-order valence-corrected chi connectivity index (χ4v) is 4.24. The summed E-state index contributed by atoms with van der Waals surface area (Å²) in [6.07, 6.45) is 2.54. The zero-order valence-corrected chi connectivity index (χ0v) is 19.4. The lowest BCUT2D eigenvalue weighted by Gasteiger charge is -2.34. The number of hydrogen-bond acceptors (Lipinski definition) is 5. The van der Waals surface area contributed by atoms with Crippen LogP contribution in [0.5, 0.6) is 0 Å². The van der Waals surface area contributed by atoms with E-state index in [4.69, 9.17) is 13.9 Å². The molecule has 0 saturated carbocycles. The van der Waals surface area contributed by atoms with Crippen molar-refractivity contribution in [3.63, 3.8) is 0 Å². The molecule has 0 radical (unpaired) electrons. The molecule has 1 unspecified atom stereocenters. The second-order valence-corrected chi connectivity index (χ2v) is 8.43. The van der Waals surface area contributed by atoms with Gasteiger partial charge in [-0.15, -0.1) is 0 Å². The predicted octanol–water partition coefficient (Wildman–Crippen LogP) is 5.90. The molecule has 1 aliphatic heterocycles. The van der Waals surface area contributed by atoms with Gasteiger partial charge in [0.15, 0.2) is 0 Å². The summed E-state index contributed by atoms with van der Waals surface area (Å²) in [5.74, 6) is 1.57. The number of aryl methyl sites for hydroxylation is 2. The Morgan fingerprint density at radius 2 is 1.88 bits per heavy atom. The zero-order chi connectivity index (χ0) is 23.7. The lowest BCUT2D eigenvalue weighted by atomic mass is 9.93. The molecule has 7 heteroatoms. The molecule has 2 aromatic carbocycles. The molecule has 34 heavy (non-hydrogen) atoms. The Morgan fingerprint density at radius 1 is 1.06 bits per heavy atom. The second kappa shape index (κ2) is 9.02. The molecule has 0 saturated heterocycles. The number of rotatable bonds is 6. The molecule has 1 aliphatic rings. The summed E-state index contributed by atoms with van der Waals surface area (Å²) < 4.78 is 11.3. The van der Waals surface area contributed by atoms with E-state index in [-0.39, 0.29) is 6.03 Å². The Kier molecular flexibility index (Phi) is 5.76. The Morgan fingerprint density at radius 3 is 2.59 bits per heavy atom. The Bertz CT molecular complexity index is 1340. The van der Waals surface area contributed by atoms with Gasteiger partial charge in [-0.1, -0.05) is 60.1 Å². The van der Waals surface area contributed by atoms with Gasteiger partial charge in [0, 0.05) is 11.3 Å². The van der Waals surface area contributed by atoms with Crippen LogP contribution < -0.4 is 5.32 Å². The molecule has 172 valence electrons. The van der Waals surface area contributed by atoms with Gasteiger partial charge in [-0.2, -0.15) is 4.98 Å². The number of urea groups is 1. The van der Waals surface area contributed by atoms with Gasteiger partial charge in [-0.3, -0.25) is 4.90 Å². The van der Waals surface area contributed by atoms with E-state index >= 15 is 0 Å². The van der Waals surface area contributed by atoms with Crippen LogP contribution in [-0.2, 0) is 13.0 Å². The summed E-state index contributed by atoms with van der Waals surface area (Å²) in [6, 6.07) is 19.2. The first-order valence-corrected chi connectivity index (χ1v) is 11.3. The van der Waals surface area contributed by atoms with Gasteiger partial charge in [0.25, 0.3) is 5.89 Å². The van der Waals surface area contributed by atoms with Crippen molar-refractivity contribution in [1.82, 2.24) is 20.4 Å². The van der Waals surface area contributed by atoms with Crippen LogP contribution in [0.3, 0.4) is 0 Å². The van der Waals surface area contributed by atoms with Crippen molar-refractivity contribution in [2.45, 2.75) is 39.8 Å². The van der Waals surface area contributed by atoms with Gasteiger partial charge in [-0.05, 0) is 49.6 Å². The van der Waals surface area contributed by atoms with Crippen LogP contribution in [-0.4, -0.2) is 21.1 Å². The molecule has 3 heterocycles. The van der Waals surface area contributed by atoms with Gasteiger partial charge < -0.3 is 14.3 Å². The molecule has 0 bridgehead atoms. The van der Waals surface area contributed by atoms with Crippen molar-refractivity contribution >= 4 is 11.6 Å². The number of furan rings is 1. The number of carbonyl (C=O) groups is 1. The summed E-state index contributed by atoms with van der Waals surface area (Å²) in [7, 11) is 0. The number of benzene rings is 2. The summed E-state index contributed by atoms with van der Waals surface area (Å²) in [5, 5.41) is 7.37. The lowest BCUT2D eigenvalue weighted by molar-refractivity contribution is 0.199. The van der Waals surface area contributed by atoms with E-state index in [9.17, 15) is 4.79 Å². The van der Waals surface area contributed by atoms with E-state index in [1.807, 2.05) is 56.3 Å². The molecule has 7 nitrogen and oxygen atoms in total. The maximum Gasteiger partial charge on any atom is 0.322 e. The summed E-state index contributed by atoms with van der Waals surface area (Å²) in [5.41, 5.74) is 5.68. The molecule has 0 spiro atoms. The van der Waals surface area contributed by atoms with Crippen LogP contribution in [0.25, 0.3) is 17.0 Å². The molecular weight excluding hydrogens is 428 g/mol. The minimum Gasteiger partial charge on any atom is -0.467 e. The van der Waals surface area contributed by atoms with Crippen LogP contribution in [0.4, 0.5) is 4.79 Å². The Labute approximate surface area is 198 Å². The van der Waals surface area contributed by atoms with Gasteiger partial charge in [0.1, 0.15) is 5.76 Å². The van der Waals surface area contributed by atoms with E-state index in [1.165, 1.54) is 5.56 Å². The van der Waals surface area contributed by atoms with Crippen molar-refractivity contribution in [2.24, 2.45) is 0 Å². The Balaban J connectivity index is 1.59. The van der Waals surface area contributed by atoms with E-state index in [0.29, 0.717) is 24.0 Å². The Hall–Kier alpha value is -4.13. The minimum atomic E-state index is -0.419. The third-order valence-corrected chi connectivity index (χ3v) is 6.14. The average Bonchev–Trinajstić information content (AvgIpc) is 3.54. The molecule has 2 aromatic heterocycles. The number of allylic oxidation sites excluding steroid dienone is 1. The van der Waals surface area contributed by atoms with Crippen molar-refractivity contribution < 1.29 is 13.7 Å². The van der Waals surface area contributed by atoms with Gasteiger partial charge in [-0.25, -0.2) is 4.79 Å². The third kappa shape index (κ3) is 4.12. The lowest BCUT2D eigenvalue weighted by Crippen LogP contribution is -2.45. The number of carbonyl (C=O) groups excluding carboxylic acids is 1. The number of nitrogens with one attached hydrogen (secondary N) is 1. The number of aromatic nitrogens is 2. The summed E-state index contributed by atoms with van der Waals surface area (Å²) in [4.78, 5) is 19.5. The first kappa shape index (κ1) is 21.7. The molecule has 0 aliphatic carbocycles. The zero-order valence-electron chi connectivity index (χ0n) is 19.4. The van der Waals surface area contributed by atoms with Crippen LogP contribution in [0.1, 0.15) is 48.2 Å². The topological polar surface area (TPSA) is 84.4 Å². The standard InChI is InChI=1S/C27H26N4O3/c1-4-19-10-12-20(13-11-19)24-23(18(3)31(27(32)28-24)16-22-9-6-14-33-22)26-29-25(30-34-26)21-8-5-7-17(2)15-21/h5-15,24H,4,16H2,1-3H3,(H,28,32). The fourth-order valence-electron chi connectivity index (χ4n) is 4.24. The van der Waals surface area contributed by atoms with Crippen LogP contribution in [0.15, 0.2) is 81.6 Å². The number of hydrogen-bond donors (Lipinski definition) is 1. The van der Waals surface area contributed by atoms with Crippen LogP contribution in [0, 0.1) is 6.92 Å². The van der Waals surface area contributed by atoms with E-state index < -0.39 is 6.04 Å². The van der Waals surface area contributed by atoms with Crippen LogP contribution in [0.2, 0.25) is 0 Å². The predicted molar refractivity (Wildman–Crippen MR) is 128 cm³/mol. The first-order chi connectivity index (χ1) is 16.5. The van der Waals surface area contributed by atoms with Crippen molar-refractivity contribution in [2.75, 3.05) is 0 Å². The maximum absolute atomic E-state index is 13.2. The van der Waals surface area contributed by atoms with Crippen molar-refractivity contribution in [3.8, 4) is 11.4 Å². The number of nitrogens with zero attached hydrogens (tertiary/aromatic N) is 3. The largest absolute Gasteiger partial charge is 0.467 e. The second-order valence-electron chi connectivity index (χ2n) is 8.43. The van der Waals surface area contributed by atoms with Crippen molar-refractivity contribution in [1.29, 1.82) is 0 Å². The third-order valence-electron chi connectivity index (χ3n) is 6.14. The van der Waals surface area contributed by atoms with Gasteiger partial charge in [0.2, 0.25) is 5.82 Å². The smallest absolute Gasteiger partial charge is 0.322 e. The fraction of sp³-hybridized carbons (Fsp3) is 0.222. The normalized spacial score (nSPS) is 16.1. The number of amides is 2. The maximum atomic E-state index is 13.2. The highest BCUT2D eigenvalue weighted by Crippen LogP contribution is 2.38. The highest BCUT2D eigenvalue weighted by molar-refractivity contribution is 5.86. The summed E-state index contributed by atoms with van der Waals surface area (Å²) in [6.45, 7) is 6.34. The minimum absolute atomic E-state index is 0.208. The first-order valence-electron chi connectivity index (χ1n) is 11.3. The quantitative estimate of drug-likeness (QED) is 0.392. The van der Waals surface area contributed by atoms with E-state index in [0.717, 1.165) is 34.4 Å². The molecule has 5 rings (SSSR count). The molecular formula is C27H26N4O3. The SMILES string of the molecule is CCc1ccc(C2NC(=O)N(Cc3ccco3)C(C)=C2c2nc(-c3cccc(C)c3)no2)cc1. The molecule has 1 N–H and O–H groups in total. The molecule has 4 aromatic rings. The summed E-state index contributed by atoms with van der Waals surface area (Å²) >= 11 is 0. The van der Waals surface area contributed by atoms with Crippen molar-refractivity contribution in [3.05, 3.63) is 101 Å². The van der Waals surface area contributed by atoms with Crippen LogP contribution >= 0.6 is 0 Å². The highest BCUT2D eigenvalue weighted by Gasteiger charge is 2.36. The van der Waals surface area contributed by atoms with E-state index in [1.54, 1.807) is 17.2 Å². The highest BCUT2D eigenvalue weighted by atomic mass is 16.5. The monoisotopic (exact) mass is 454 g/mol. The van der Waals surface area contributed by atoms with Gasteiger partial charge >= 0.3 is 6.03 Å². The molecule has 0 fully saturated rings. The average molecular weight is 455 g/mol. The van der Waals surface area contributed by atoms with Gasteiger partial charge in [0.05, 0.1) is 24.4 Å².